The summed E-state index contributed by atoms with van der Waals surface area (Å²) in [6.07, 6.45) is 3.05. The van der Waals surface area contributed by atoms with Crippen LogP contribution < -0.4 is 5.32 Å². The van der Waals surface area contributed by atoms with Gasteiger partial charge >= 0.3 is 0 Å². The van der Waals surface area contributed by atoms with Gasteiger partial charge in [-0.3, -0.25) is 4.79 Å². The van der Waals surface area contributed by atoms with E-state index < -0.39 is 0 Å². The van der Waals surface area contributed by atoms with Crippen molar-refractivity contribution in [2.75, 3.05) is 20.3 Å². The van der Waals surface area contributed by atoms with E-state index in [1.165, 1.54) is 0 Å². The van der Waals surface area contributed by atoms with Gasteiger partial charge in [-0.05, 0) is 18.6 Å². The van der Waals surface area contributed by atoms with E-state index in [0.29, 0.717) is 26.0 Å². The van der Waals surface area contributed by atoms with Gasteiger partial charge in [0.25, 0.3) is 0 Å². The fourth-order valence-corrected chi connectivity index (χ4v) is 2.73. The van der Waals surface area contributed by atoms with Crippen molar-refractivity contribution in [3.05, 3.63) is 60.4 Å². The molecule has 0 atom stereocenters. The van der Waals surface area contributed by atoms with E-state index in [1.54, 1.807) is 7.11 Å². The number of ether oxygens (including phenoxy) is 1. The molecule has 3 rings (SSSR count). The Hall–Kier alpha value is -2.66. The monoisotopic (exact) mass is 323 g/mol. The number of aromatic nitrogens is 2. The van der Waals surface area contributed by atoms with Gasteiger partial charge in [-0.2, -0.15) is 0 Å². The molecule has 24 heavy (non-hydrogen) atoms. The minimum Gasteiger partial charge on any atom is -0.383 e. The summed E-state index contributed by atoms with van der Waals surface area (Å²) in [5, 5.41) is 2.86. The third kappa shape index (κ3) is 3.63. The maximum absolute atomic E-state index is 12.0. The zero-order chi connectivity index (χ0) is 16.8. The van der Waals surface area contributed by atoms with Gasteiger partial charge in [0.15, 0.2) is 0 Å². The number of hydrogen-bond acceptors (Lipinski definition) is 3. The van der Waals surface area contributed by atoms with Crippen molar-refractivity contribution in [1.82, 2.24) is 14.7 Å². The Morgan fingerprint density at radius 1 is 1.17 bits per heavy atom. The summed E-state index contributed by atoms with van der Waals surface area (Å²) < 4.78 is 7.01. The molecule has 0 aliphatic heterocycles. The molecule has 5 heteroatoms. The lowest BCUT2D eigenvalue weighted by atomic mass is 10.1. The lowest BCUT2D eigenvalue weighted by Gasteiger charge is -2.07. The van der Waals surface area contributed by atoms with Crippen LogP contribution in [0.5, 0.6) is 0 Å². The van der Waals surface area contributed by atoms with Gasteiger partial charge in [-0.1, -0.05) is 36.4 Å². The van der Waals surface area contributed by atoms with Gasteiger partial charge < -0.3 is 14.5 Å². The minimum atomic E-state index is 0.0249. The van der Waals surface area contributed by atoms with E-state index in [2.05, 4.69) is 9.72 Å². The van der Waals surface area contributed by atoms with Crippen molar-refractivity contribution in [2.45, 2.75) is 12.8 Å². The Bertz CT molecular complexity index is 812. The lowest BCUT2D eigenvalue weighted by Crippen LogP contribution is -2.27. The molecule has 3 aromatic rings. The summed E-state index contributed by atoms with van der Waals surface area (Å²) >= 11 is 0. The number of nitrogens with one attached hydrogen (secondary N) is 1. The highest BCUT2D eigenvalue weighted by Gasteiger charge is 2.14. The summed E-state index contributed by atoms with van der Waals surface area (Å²) in [4.78, 5) is 16.7. The molecule has 124 valence electrons. The van der Waals surface area contributed by atoms with Gasteiger partial charge in [0.1, 0.15) is 5.65 Å². The number of carbonyl (C=O) groups is 1. The van der Waals surface area contributed by atoms with E-state index in [1.807, 2.05) is 54.7 Å². The first-order valence-electron chi connectivity index (χ1n) is 8.06. The van der Waals surface area contributed by atoms with Crippen LogP contribution in [0.3, 0.4) is 0 Å². The predicted molar refractivity (Wildman–Crippen MR) is 93.8 cm³/mol. The topological polar surface area (TPSA) is 55.6 Å². The Morgan fingerprint density at radius 3 is 2.75 bits per heavy atom. The third-order valence-corrected chi connectivity index (χ3v) is 3.89. The lowest BCUT2D eigenvalue weighted by molar-refractivity contribution is -0.121. The maximum atomic E-state index is 12.0. The summed E-state index contributed by atoms with van der Waals surface area (Å²) in [7, 11) is 1.62. The molecular formula is C19H21N3O2. The molecule has 0 fully saturated rings. The molecule has 2 heterocycles. The zero-order valence-corrected chi connectivity index (χ0v) is 13.7. The van der Waals surface area contributed by atoms with E-state index in [4.69, 9.17) is 9.72 Å². The van der Waals surface area contributed by atoms with Crippen molar-refractivity contribution in [1.29, 1.82) is 0 Å². The van der Waals surface area contributed by atoms with Crippen LogP contribution in [0.15, 0.2) is 54.7 Å². The number of carbonyl (C=O) groups excluding carboxylic acids is 1. The zero-order valence-electron chi connectivity index (χ0n) is 13.7. The molecule has 0 spiro atoms. The quantitative estimate of drug-likeness (QED) is 0.680. The van der Waals surface area contributed by atoms with Gasteiger partial charge in [0.05, 0.1) is 18.0 Å². The van der Waals surface area contributed by atoms with Gasteiger partial charge in [0, 0.05) is 31.8 Å². The highest BCUT2D eigenvalue weighted by Crippen LogP contribution is 2.25. The second kappa shape index (κ2) is 7.75. The molecule has 1 N–H and O–H groups in total. The van der Waals surface area contributed by atoms with Crippen molar-refractivity contribution in [3.63, 3.8) is 0 Å². The van der Waals surface area contributed by atoms with E-state index in [0.717, 1.165) is 22.6 Å². The first-order chi connectivity index (χ1) is 11.8. The Morgan fingerprint density at radius 2 is 1.96 bits per heavy atom. The normalized spacial score (nSPS) is 10.9. The molecule has 0 unspecified atom stereocenters. The number of fused-ring (bicyclic) bond motifs is 1. The van der Waals surface area contributed by atoms with Crippen LogP contribution in [0.25, 0.3) is 16.9 Å². The smallest absolute Gasteiger partial charge is 0.220 e. The number of rotatable bonds is 7. The van der Waals surface area contributed by atoms with Crippen LogP contribution in [-0.4, -0.2) is 35.6 Å². The highest BCUT2D eigenvalue weighted by atomic mass is 16.5. The van der Waals surface area contributed by atoms with Crippen LogP contribution >= 0.6 is 0 Å². The van der Waals surface area contributed by atoms with E-state index in [9.17, 15) is 4.79 Å². The molecule has 2 aromatic heterocycles. The fraction of sp³-hybridized carbons (Fsp3) is 0.263. The largest absolute Gasteiger partial charge is 0.383 e. The van der Waals surface area contributed by atoms with Gasteiger partial charge in [-0.15, -0.1) is 0 Å². The first-order valence-corrected chi connectivity index (χ1v) is 8.06. The molecule has 1 amide bonds. The number of hydrogen-bond donors (Lipinski definition) is 1. The van der Waals surface area contributed by atoms with Crippen LogP contribution in [-0.2, 0) is 16.0 Å². The van der Waals surface area contributed by atoms with Gasteiger partial charge in [-0.25, -0.2) is 4.98 Å². The second-order valence-electron chi connectivity index (χ2n) is 5.54. The van der Waals surface area contributed by atoms with Crippen molar-refractivity contribution < 1.29 is 9.53 Å². The van der Waals surface area contributed by atoms with Crippen LogP contribution in [0, 0.1) is 0 Å². The molecule has 0 radical (unpaired) electrons. The van der Waals surface area contributed by atoms with Crippen molar-refractivity contribution >= 4 is 11.6 Å². The van der Waals surface area contributed by atoms with E-state index >= 15 is 0 Å². The number of aryl methyl sites for hydroxylation is 1. The van der Waals surface area contributed by atoms with Crippen LogP contribution in [0.1, 0.15) is 12.1 Å². The maximum Gasteiger partial charge on any atom is 0.220 e. The minimum absolute atomic E-state index is 0.0249. The molecular weight excluding hydrogens is 302 g/mol. The number of methoxy groups -OCH3 is 1. The molecule has 0 bridgehead atoms. The number of imidazole rings is 1. The second-order valence-corrected chi connectivity index (χ2v) is 5.54. The Kier molecular flexibility index (Phi) is 5.23. The van der Waals surface area contributed by atoms with Crippen LogP contribution in [0.4, 0.5) is 0 Å². The number of benzene rings is 1. The fourth-order valence-electron chi connectivity index (χ4n) is 2.73. The number of pyridine rings is 1. The molecule has 0 saturated carbocycles. The standard InChI is InChI=1S/C19H21N3O2/c1-24-14-12-20-18(23)11-10-16-19(15-7-3-2-4-8-15)21-17-9-5-6-13-22(16)17/h2-9,13H,10-12,14H2,1H3,(H,20,23). The molecule has 0 aliphatic carbocycles. The average Bonchev–Trinajstić information content (AvgIpc) is 2.99. The first kappa shape index (κ1) is 16.2. The Balaban J connectivity index is 1.84. The third-order valence-electron chi connectivity index (χ3n) is 3.89. The highest BCUT2D eigenvalue weighted by molar-refractivity contribution is 5.76. The van der Waals surface area contributed by atoms with Gasteiger partial charge in [0.2, 0.25) is 5.91 Å². The summed E-state index contributed by atoms with van der Waals surface area (Å²) in [6, 6.07) is 16.0. The average molecular weight is 323 g/mol. The van der Waals surface area contributed by atoms with Crippen molar-refractivity contribution in [3.8, 4) is 11.3 Å². The summed E-state index contributed by atoms with van der Waals surface area (Å²) in [6.45, 7) is 1.06. The van der Waals surface area contributed by atoms with E-state index in [-0.39, 0.29) is 5.91 Å². The van der Waals surface area contributed by atoms with Crippen LogP contribution in [0.2, 0.25) is 0 Å². The van der Waals surface area contributed by atoms with Crippen molar-refractivity contribution in [2.24, 2.45) is 0 Å². The SMILES string of the molecule is COCCNC(=O)CCc1c(-c2ccccc2)nc2ccccn12. The molecule has 1 aromatic carbocycles. The molecule has 0 aliphatic rings. The number of nitrogens with zero attached hydrogens (tertiary/aromatic N) is 2. The predicted octanol–water partition coefficient (Wildman–Crippen LogP) is 2.70. The Labute approximate surface area is 141 Å². The number of amides is 1. The molecule has 0 saturated heterocycles. The molecule has 5 nitrogen and oxygen atoms in total. The summed E-state index contributed by atoms with van der Waals surface area (Å²) in [5.41, 5.74) is 3.95. The summed E-state index contributed by atoms with van der Waals surface area (Å²) in [5.74, 6) is 0.0249.